The van der Waals surface area contributed by atoms with Crippen molar-refractivity contribution in [2.45, 2.75) is 32.3 Å². The maximum atomic E-state index is 12.1. The number of H-pyrrole nitrogens is 1. The predicted octanol–water partition coefficient (Wildman–Crippen LogP) is 3.86. The van der Waals surface area contributed by atoms with Crippen LogP contribution in [0.5, 0.6) is 0 Å². The molecule has 148 valence electrons. The van der Waals surface area contributed by atoms with Crippen LogP contribution in [0.1, 0.15) is 36.8 Å². The summed E-state index contributed by atoms with van der Waals surface area (Å²) in [5, 5.41) is 10.4. The third kappa shape index (κ3) is 3.60. The van der Waals surface area contributed by atoms with E-state index in [1.165, 1.54) is 10.9 Å². The average Bonchev–Trinajstić information content (AvgIpc) is 3.17. The number of benzene rings is 2. The lowest BCUT2D eigenvalue weighted by molar-refractivity contribution is 0.282. The lowest BCUT2D eigenvalue weighted by Gasteiger charge is -2.30. The summed E-state index contributed by atoms with van der Waals surface area (Å²) < 4.78 is 25.9. The fraction of sp³-hybridized carbons (Fsp3) is 0.364. The molecule has 4 rings (SSSR count). The first-order valence-corrected chi connectivity index (χ1v) is 11.4. The van der Waals surface area contributed by atoms with Crippen LogP contribution in [0.3, 0.4) is 0 Å². The number of fused-ring (bicyclic) bond motifs is 1. The number of hydrogen-bond donors (Lipinski definition) is 2. The van der Waals surface area contributed by atoms with Crippen molar-refractivity contribution in [3.63, 3.8) is 0 Å². The van der Waals surface area contributed by atoms with Gasteiger partial charge in [-0.1, -0.05) is 30.3 Å². The average molecular weight is 399 g/mol. The molecule has 1 aromatic heterocycles. The first kappa shape index (κ1) is 19.2. The molecule has 1 aliphatic rings. The third-order valence-electron chi connectivity index (χ3n) is 5.84. The molecule has 0 spiro atoms. The van der Waals surface area contributed by atoms with E-state index in [9.17, 15) is 13.5 Å². The molecular formula is C22H26N2O3S. The fourth-order valence-electron chi connectivity index (χ4n) is 4.09. The van der Waals surface area contributed by atoms with E-state index in [1.54, 1.807) is 11.2 Å². The van der Waals surface area contributed by atoms with Gasteiger partial charge in [-0.05, 0) is 60.1 Å². The molecule has 0 unspecified atom stereocenters. The van der Waals surface area contributed by atoms with E-state index in [0.29, 0.717) is 19.0 Å². The van der Waals surface area contributed by atoms with Crippen molar-refractivity contribution < 1.29 is 13.5 Å². The molecule has 0 amide bonds. The summed E-state index contributed by atoms with van der Waals surface area (Å²) in [4.78, 5) is 3.37. The summed E-state index contributed by atoms with van der Waals surface area (Å²) in [5.74, 6) is 0.535. The van der Waals surface area contributed by atoms with E-state index in [4.69, 9.17) is 0 Å². The molecule has 0 aliphatic carbocycles. The van der Waals surface area contributed by atoms with Gasteiger partial charge in [0.05, 0.1) is 12.4 Å². The smallest absolute Gasteiger partial charge is 0.213 e. The van der Waals surface area contributed by atoms with Gasteiger partial charge in [-0.2, -0.15) is 0 Å². The molecule has 1 saturated heterocycles. The van der Waals surface area contributed by atoms with E-state index in [-0.39, 0.29) is 12.4 Å². The van der Waals surface area contributed by atoms with Crippen molar-refractivity contribution in [3.05, 3.63) is 59.8 Å². The standard InChI is InChI=1S/C22H26N2O3S/c1-2-28(26,27)24-11-9-18(10-12-24)21-14-23-22-8-7-19(13-20(21)22)17-5-3-16(15-25)4-6-17/h3-8,13-14,18,23,25H,2,9-12,15H2,1H3. The Morgan fingerprint density at radius 3 is 2.39 bits per heavy atom. The van der Waals surface area contributed by atoms with E-state index in [2.05, 4.69) is 29.4 Å². The second kappa shape index (κ2) is 7.70. The molecule has 2 aromatic carbocycles. The minimum atomic E-state index is -3.10. The number of aromatic nitrogens is 1. The first-order valence-electron chi connectivity index (χ1n) is 9.81. The van der Waals surface area contributed by atoms with E-state index < -0.39 is 10.0 Å². The summed E-state index contributed by atoms with van der Waals surface area (Å²) in [6, 6.07) is 14.4. The van der Waals surface area contributed by atoms with Crippen molar-refractivity contribution >= 4 is 20.9 Å². The molecule has 0 radical (unpaired) electrons. The highest BCUT2D eigenvalue weighted by Gasteiger charge is 2.28. The number of aromatic amines is 1. The van der Waals surface area contributed by atoms with Gasteiger partial charge in [0.1, 0.15) is 0 Å². The molecule has 0 atom stereocenters. The quantitative estimate of drug-likeness (QED) is 0.685. The van der Waals surface area contributed by atoms with Crippen LogP contribution < -0.4 is 0 Å². The normalized spacial score (nSPS) is 16.6. The summed E-state index contributed by atoms with van der Waals surface area (Å²) in [6.45, 7) is 2.94. The van der Waals surface area contributed by atoms with E-state index >= 15 is 0 Å². The van der Waals surface area contributed by atoms with Crippen molar-refractivity contribution in [3.8, 4) is 11.1 Å². The predicted molar refractivity (Wildman–Crippen MR) is 113 cm³/mol. The van der Waals surface area contributed by atoms with Gasteiger partial charge in [0.25, 0.3) is 0 Å². The van der Waals surface area contributed by atoms with Crippen molar-refractivity contribution in [1.29, 1.82) is 0 Å². The Morgan fingerprint density at radius 1 is 1.07 bits per heavy atom. The molecule has 28 heavy (non-hydrogen) atoms. The molecule has 0 bridgehead atoms. The zero-order chi connectivity index (χ0) is 19.7. The van der Waals surface area contributed by atoms with E-state index in [1.807, 2.05) is 24.3 Å². The van der Waals surface area contributed by atoms with Gasteiger partial charge in [-0.25, -0.2) is 12.7 Å². The maximum Gasteiger partial charge on any atom is 0.213 e. The number of nitrogens with one attached hydrogen (secondary N) is 1. The van der Waals surface area contributed by atoms with Gasteiger partial charge in [0.2, 0.25) is 10.0 Å². The number of sulfonamides is 1. The summed E-state index contributed by atoms with van der Waals surface area (Å²) in [5.41, 5.74) is 5.55. The van der Waals surface area contributed by atoms with Gasteiger partial charge in [-0.15, -0.1) is 0 Å². The Bertz CT molecular complexity index is 1060. The van der Waals surface area contributed by atoms with Crippen LogP contribution in [-0.2, 0) is 16.6 Å². The van der Waals surface area contributed by atoms with Gasteiger partial charge < -0.3 is 10.1 Å². The molecule has 5 nitrogen and oxygen atoms in total. The lowest BCUT2D eigenvalue weighted by Crippen LogP contribution is -2.38. The minimum absolute atomic E-state index is 0.0493. The van der Waals surface area contributed by atoms with Crippen molar-refractivity contribution in [1.82, 2.24) is 9.29 Å². The number of aliphatic hydroxyl groups excluding tert-OH is 1. The van der Waals surface area contributed by atoms with Gasteiger partial charge in [0, 0.05) is 30.2 Å². The van der Waals surface area contributed by atoms with Crippen molar-refractivity contribution in [2.75, 3.05) is 18.8 Å². The molecular weight excluding hydrogens is 372 g/mol. The lowest BCUT2D eigenvalue weighted by atomic mass is 9.89. The minimum Gasteiger partial charge on any atom is -0.392 e. The van der Waals surface area contributed by atoms with Crippen LogP contribution in [0.2, 0.25) is 0 Å². The maximum absolute atomic E-state index is 12.1. The fourth-order valence-corrected chi connectivity index (χ4v) is 5.22. The third-order valence-corrected chi connectivity index (χ3v) is 7.72. The molecule has 3 aromatic rings. The van der Waals surface area contributed by atoms with Crippen LogP contribution >= 0.6 is 0 Å². The van der Waals surface area contributed by atoms with Crippen LogP contribution in [0, 0.1) is 0 Å². The SMILES string of the molecule is CCS(=O)(=O)N1CCC(c2c[nH]c3ccc(-c4ccc(CO)cc4)cc23)CC1. The van der Waals surface area contributed by atoms with Crippen LogP contribution in [-0.4, -0.2) is 41.7 Å². The topological polar surface area (TPSA) is 73.4 Å². The summed E-state index contributed by atoms with van der Waals surface area (Å²) in [6.07, 6.45) is 3.78. The molecule has 2 N–H and O–H groups in total. The highest BCUT2D eigenvalue weighted by molar-refractivity contribution is 7.89. The molecule has 2 heterocycles. The Labute approximate surface area is 166 Å². The number of aliphatic hydroxyl groups is 1. The monoisotopic (exact) mass is 398 g/mol. The Morgan fingerprint density at radius 2 is 1.75 bits per heavy atom. The van der Waals surface area contributed by atoms with Crippen LogP contribution in [0.15, 0.2) is 48.7 Å². The van der Waals surface area contributed by atoms with Gasteiger partial charge in [0.15, 0.2) is 0 Å². The first-order chi connectivity index (χ1) is 13.5. The summed E-state index contributed by atoms with van der Waals surface area (Å²) in [7, 11) is -3.10. The molecule has 1 aliphatic heterocycles. The molecule has 1 fully saturated rings. The van der Waals surface area contributed by atoms with E-state index in [0.717, 1.165) is 35.0 Å². The summed E-state index contributed by atoms with van der Waals surface area (Å²) >= 11 is 0. The Balaban J connectivity index is 1.60. The highest BCUT2D eigenvalue weighted by Crippen LogP contribution is 2.35. The number of rotatable bonds is 5. The Kier molecular flexibility index (Phi) is 5.27. The van der Waals surface area contributed by atoms with Crippen LogP contribution in [0.25, 0.3) is 22.0 Å². The largest absolute Gasteiger partial charge is 0.392 e. The number of hydrogen-bond acceptors (Lipinski definition) is 3. The highest BCUT2D eigenvalue weighted by atomic mass is 32.2. The zero-order valence-corrected chi connectivity index (χ0v) is 16.9. The van der Waals surface area contributed by atoms with Gasteiger partial charge in [-0.3, -0.25) is 0 Å². The van der Waals surface area contributed by atoms with Gasteiger partial charge >= 0.3 is 0 Å². The van der Waals surface area contributed by atoms with Crippen molar-refractivity contribution in [2.24, 2.45) is 0 Å². The molecule has 6 heteroatoms. The second-order valence-corrected chi connectivity index (χ2v) is 9.69. The zero-order valence-electron chi connectivity index (χ0n) is 16.1. The molecule has 0 saturated carbocycles. The Hall–Kier alpha value is -2.15. The number of piperidine rings is 1. The number of nitrogens with zero attached hydrogens (tertiary/aromatic N) is 1. The van der Waals surface area contributed by atoms with Crippen LogP contribution in [0.4, 0.5) is 0 Å². The second-order valence-electron chi connectivity index (χ2n) is 7.43.